The number of pyridine rings is 1. The number of rotatable bonds is 8. The molecule has 1 amide bonds. The second kappa shape index (κ2) is 12.8. The first-order valence-corrected chi connectivity index (χ1v) is 17.3. The molecule has 2 N–H and O–H groups in total. The number of fused-ring (bicyclic) bond motifs is 1. The van der Waals surface area contributed by atoms with Crippen LogP contribution in [0.2, 0.25) is 0 Å². The molecule has 3 fully saturated rings. The first-order valence-electron chi connectivity index (χ1n) is 17.3. The number of hydrogen-bond acceptors (Lipinski definition) is 8. The van der Waals surface area contributed by atoms with Crippen LogP contribution in [0.25, 0.3) is 22.3 Å². The largest absolute Gasteiger partial charge is 0.496 e. The zero-order chi connectivity index (χ0) is 33.6. The SMILES string of the molecule is COc1ccccc1-c1cc(C(=O)Nc2nc3ccc(N4CCC(N5CCC6(CC5)CN(C)C6)CC4)cc3n2CC(C)(C)O)cc(C)n1. The molecule has 7 rings (SSSR count). The number of nitrogens with one attached hydrogen (secondary N) is 1. The van der Waals surface area contributed by atoms with Crippen LogP contribution >= 0.6 is 0 Å². The van der Waals surface area contributed by atoms with Gasteiger partial charge in [0.05, 0.1) is 36.0 Å². The average molecular weight is 652 g/mol. The molecular formula is C38H49N7O3. The van der Waals surface area contributed by atoms with Gasteiger partial charge in [0.1, 0.15) is 5.75 Å². The number of aryl methyl sites for hydroxylation is 1. The highest BCUT2D eigenvalue weighted by Crippen LogP contribution is 2.41. The van der Waals surface area contributed by atoms with Gasteiger partial charge in [0, 0.05) is 54.7 Å². The number of aliphatic hydroxyl groups is 1. The topological polar surface area (TPSA) is 99.0 Å². The number of carbonyl (C=O) groups is 1. The van der Waals surface area contributed by atoms with E-state index in [4.69, 9.17) is 9.72 Å². The molecule has 0 radical (unpaired) electrons. The lowest BCUT2D eigenvalue weighted by Crippen LogP contribution is -2.60. The Bertz CT molecular complexity index is 1790. The molecule has 10 heteroatoms. The molecule has 0 aliphatic carbocycles. The standard InChI is InChI=1S/C38H49N7O3/c1-26-20-27(21-32(39-26)30-8-6-7-9-34(30)48-5)35(46)41-36-40-31-11-10-29(22-33(31)45(36)23-37(2,3)47)43-16-12-28(13-17-43)44-18-14-38(15-19-44)24-42(4)25-38/h6-11,20-22,28,47H,12-19,23-25H2,1-5H3,(H,40,41,46). The molecule has 3 aliphatic rings. The first-order chi connectivity index (χ1) is 23.0. The maximum absolute atomic E-state index is 13.7. The monoisotopic (exact) mass is 651 g/mol. The Balaban J connectivity index is 1.09. The summed E-state index contributed by atoms with van der Waals surface area (Å²) in [5, 5.41) is 14.0. The van der Waals surface area contributed by atoms with Crippen molar-refractivity contribution in [1.29, 1.82) is 0 Å². The van der Waals surface area contributed by atoms with Crippen molar-refractivity contribution < 1.29 is 14.6 Å². The minimum absolute atomic E-state index is 0.277. The van der Waals surface area contributed by atoms with Crippen molar-refractivity contribution in [3.8, 4) is 17.0 Å². The van der Waals surface area contributed by atoms with Gasteiger partial charge in [0.2, 0.25) is 5.95 Å². The van der Waals surface area contributed by atoms with Crippen LogP contribution in [0, 0.1) is 12.3 Å². The second-order valence-electron chi connectivity index (χ2n) is 15.0. The van der Waals surface area contributed by atoms with Gasteiger partial charge in [-0.1, -0.05) is 12.1 Å². The van der Waals surface area contributed by atoms with Crippen LogP contribution in [0.5, 0.6) is 5.75 Å². The van der Waals surface area contributed by atoms with Crippen LogP contribution in [0.1, 0.15) is 55.6 Å². The van der Waals surface area contributed by atoms with Crippen molar-refractivity contribution in [3.05, 3.63) is 65.9 Å². The van der Waals surface area contributed by atoms with E-state index >= 15 is 0 Å². The number of benzene rings is 2. The lowest BCUT2D eigenvalue weighted by molar-refractivity contribution is -0.0419. The van der Waals surface area contributed by atoms with Gasteiger partial charge in [-0.25, -0.2) is 4.98 Å². The van der Waals surface area contributed by atoms with E-state index in [2.05, 4.69) is 44.2 Å². The third-order valence-electron chi connectivity index (χ3n) is 10.5. The molecule has 1 spiro atoms. The Hall–Kier alpha value is -3.99. The number of imidazole rings is 1. The van der Waals surface area contributed by atoms with Crippen molar-refractivity contribution >= 4 is 28.6 Å². The van der Waals surface area contributed by atoms with Gasteiger partial charge in [-0.05, 0) is 114 Å². The third kappa shape index (κ3) is 6.66. The molecule has 0 unspecified atom stereocenters. The quantitative estimate of drug-likeness (QED) is 0.260. The fraction of sp³-hybridized carbons (Fsp3) is 0.500. The number of hydrogen-bond donors (Lipinski definition) is 2. The number of nitrogens with zero attached hydrogens (tertiary/aromatic N) is 6. The predicted molar refractivity (Wildman–Crippen MR) is 191 cm³/mol. The van der Waals surface area contributed by atoms with E-state index in [0.29, 0.717) is 34.4 Å². The van der Waals surface area contributed by atoms with E-state index in [1.807, 2.05) is 41.8 Å². The molecule has 3 saturated heterocycles. The number of carbonyl (C=O) groups excluding carboxylic acids is 1. The number of para-hydroxylation sites is 1. The normalized spacial score (nSPS) is 19.1. The summed E-state index contributed by atoms with van der Waals surface area (Å²) >= 11 is 0. The smallest absolute Gasteiger partial charge is 0.258 e. The number of methoxy groups -OCH3 is 1. The Morgan fingerprint density at radius 2 is 1.75 bits per heavy atom. The van der Waals surface area contributed by atoms with E-state index in [-0.39, 0.29) is 12.5 Å². The number of ether oxygens (including phenoxy) is 1. The highest BCUT2D eigenvalue weighted by Gasteiger charge is 2.44. The molecule has 254 valence electrons. The Morgan fingerprint density at radius 1 is 1.02 bits per heavy atom. The minimum Gasteiger partial charge on any atom is -0.496 e. The Labute approximate surface area is 283 Å². The van der Waals surface area contributed by atoms with Gasteiger partial charge in [-0.3, -0.25) is 15.1 Å². The number of amides is 1. The van der Waals surface area contributed by atoms with Gasteiger partial charge in [0.15, 0.2) is 0 Å². The summed E-state index contributed by atoms with van der Waals surface area (Å²) in [4.78, 5) is 30.9. The van der Waals surface area contributed by atoms with Gasteiger partial charge >= 0.3 is 0 Å². The third-order valence-corrected chi connectivity index (χ3v) is 10.5. The number of anilines is 2. The first kappa shape index (κ1) is 32.6. The van der Waals surface area contributed by atoms with Crippen LogP contribution in [-0.2, 0) is 6.54 Å². The van der Waals surface area contributed by atoms with Gasteiger partial charge < -0.3 is 29.1 Å². The molecule has 3 aliphatic heterocycles. The zero-order valence-electron chi connectivity index (χ0n) is 29.0. The van der Waals surface area contributed by atoms with E-state index in [0.717, 1.165) is 53.9 Å². The summed E-state index contributed by atoms with van der Waals surface area (Å²) in [5.74, 6) is 0.802. The maximum atomic E-state index is 13.7. The van der Waals surface area contributed by atoms with Crippen molar-refractivity contribution in [2.24, 2.45) is 5.41 Å². The van der Waals surface area contributed by atoms with E-state index in [1.54, 1.807) is 33.1 Å². The number of likely N-dealkylation sites (tertiary alicyclic amines) is 2. The molecule has 2 aromatic heterocycles. The van der Waals surface area contributed by atoms with E-state index in [1.165, 1.54) is 39.0 Å². The van der Waals surface area contributed by atoms with Gasteiger partial charge in [-0.15, -0.1) is 0 Å². The lowest BCUT2D eigenvalue weighted by atomic mass is 9.72. The molecule has 0 saturated carbocycles. The van der Waals surface area contributed by atoms with Crippen LogP contribution in [0.15, 0.2) is 54.6 Å². The average Bonchev–Trinajstić information content (AvgIpc) is 3.38. The zero-order valence-corrected chi connectivity index (χ0v) is 29.0. The summed E-state index contributed by atoms with van der Waals surface area (Å²) in [7, 11) is 3.86. The van der Waals surface area contributed by atoms with Crippen molar-refractivity contribution in [3.63, 3.8) is 0 Å². The van der Waals surface area contributed by atoms with Crippen molar-refractivity contribution in [1.82, 2.24) is 24.3 Å². The summed E-state index contributed by atoms with van der Waals surface area (Å²) < 4.78 is 7.48. The molecule has 0 bridgehead atoms. The molecule has 4 aromatic rings. The minimum atomic E-state index is -1.02. The molecule has 48 heavy (non-hydrogen) atoms. The van der Waals surface area contributed by atoms with E-state index in [9.17, 15) is 9.90 Å². The fourth-order valence-corrected chi connectivity index (χ4v) is 8.19. The van der Waals surface area contributed by atoms with Crippen LogP contribution in [-0.4, -0.2) is 100 Å². The van der Waals surface area contributed by atoms with Crippen LogP contribution in [0.4, 0.5) is 11.6 Å². The van der Waals surface area contributed by atoms with Crippen LogP contribution in [0.3, 0.4) is 0 Å². The molecule has 0 atom stereocenters. The van der Waals surface area contributed by atoms with Crippen molar-refractivity contribution in [2.75, 3.05) is 63.6 Å². The number of aromatic nitrogens is 3. The summed E-state index contributed by atoms with van der Waals surface area (Å²) in [6, 6.07) is 18.2. The summed E-state index contributed by atoms with van der Waals surface area (Å²) in [5.41, 5.74) is 5.04. The molecule has 2 aromatic carbocycles. The molecule has 5 heterocycles. The van der Waals surface area contributed by atoms with Crippen molar-refractivity contribution in [2.45, 2.75) is 64.6 Å². The van der Waals surface area contributed by atoms with E-state index < -0.39 is 5.60 Å². The fourth-order valence-electron chi connectivity index (χ4n) is 8.19. The second-order valence-corrected chi connectivity index (χ2v) is 15.0. The lowest BCUT2D eigenvalue weighted by Gasteiger charge is -2.54. The molecular weight excluding hydrogens is 602 g/mol. The Kier molecular flexibility index (Phi) is 8.68. The summed E-state index contributed by atoms with van der Waals surface area (Å²) in [6.45, 7) is 12.7. The Morgan fingerprint density at radius 3 is 2.44 bits per heavy atom. The molecule has 10 nitrogen and oxygen atoms in total. The highest BCUT2D eigenvalue weighted by molar-refractivity contribution is 6.05. The van der Waals surface area contributed by atoms with Gasteiger partial charge in [-0.2, -0.15) is 0 Å². The summed E-state index contributed by atoms with van der Waals surface area (Å²) in [6.07, 6.45) is 5.00. The maximum Gasteiger partial charge on any atom is 0.258 e. The van der Waals surface area contributed by atoms with Gasteiger partial charge in [0.25, 0.3) is 5.91 Å². The predicted octanol–water partition coefficient (Wildman–Crippen LogP) is 5.43. The highest BCUT2D eigenvalue weighted by atomic mass is 16.5. The number of piperidine rings is 2. The van der Waals surface area contributed by atoms with Crippen LogP contribution < -0.4 is 15.0 Å².